The molecule has 1 heterocycles. The third kappa shape index (κ3) is 5.26. The van der Waals surface area contributed by atoms with Crippen molar-refractivity contribution in [3.63, 3.8) is 0 Å². The fourth-order valence-corrected chi connectivity index (χ4v) is 4.99. The van der Waals surface area contributed by atoms with Gasteiger partial charge in [0.2, 0.25) is 0 Å². The maximum Gasteiger partial charge on any atom is 0.335 e. The minimum atomic E-state index is -0.798. The van der Waals surface area contributed by atoms with Gasteiger partial charge in [0, 0.05) is 0 Å². The predicted octanol–water partition coefficient (Wildman–Crippen LogP) is 4.53. The van der Waals surface area contributed by atoms with Gasteiger partial charge in [0.1, 0.15) is 23.7 Å². The van der Waals surface area contributed by atoms with Crippen LogP contribution in [0.4, 0.5) is 10.5 Å². The van der Waals surface area contributed by atoms with E-state index in [0.717, 1.165) is 12.0 Å². The summed E-state index contributed by atoms with van der Waals surface area (Å²) in [5, 5.41) is 2.23. The summed E-state index contributed by atoms with van der Waals surface area (Å²) in [5.74, 6) is -0.121. The van der Waals surface area contributed by atoms with Gasteiger partial charge in [0.25, 0.3) is 11.8 Å². The van der Waals surface area contributed by atoms with E-state index < -0.39 is 17.8 Å². The van der Waals surface area contributed by atoms with Crippen LogP contribution in [0.25, 0.3) is 6.08 Å². The number of carbonyl (C=O) groups excluding carboxylic acids is 3. The van der Waals surface area contributed by atoms with Crippen LogP contribution in [0.15, 0.2) is 54.6 Å². The van der Waals surface area contributed by atoms with E-state index in [-0.39, 0.29) is 5.57 Å². The van der Waals surface area contributed by atoms with Crippen molar-refractivity contribution in [1.82, 2.24) is 5.32 Å². The first-order valence-electron chi connectivity index (χ1n) is 9.22. The van der Waals surface area contributed by atoms with Crippen molar-refractivity contribution < 1.29 is 23.9 Å². The van der Waals surface area contributed by atoms with Gasteiger partial charge in [0.15, 0.2) is 0 Å². The zero-order chi connectivity index (χ0) is 22.5. The molecule has 0 atom stereocenters. The SMILES string of the molecule is C=CCOc1c(I)cc(/C=C2\C(=O)NC(=O)N(c3ccc(OCC)cc3)C2=O)cc1I. The Kier molecular flexibility index (Phi) is 7.70. The molecule has 4 amide bonds. The molecular formula is C22H18I2N2O5. The number of nitrogens with zero attached hydrogens (tertiary/aromatic N) is 1. The van der Waals surface area contributed by atoms with Gasteiger partial charge in [-0.1, -0.05) is 12.7 Å². The molecule has 0 radical (unpaired) electrons. The smallest absolute Gasteiger partial charge is 0.335 e. The molecule has 160 valence electrons. The van der Waals surface area contributed by atoms with Gasteiger partial charge in [-0.05, 0) is 100 Å². The molecule has 0 aliphatic carbocycles. The lowest BCUT2D eigenvalue weighted by molar-refractivity contribution is -0.122. The van der Waals surface area contributed by atoms with Crippen molar-refractivity contribution in [1.29, 1.82) is 0 Å². The second kappa shape index (κ2) is 10.3. The van der Waals surface area contributed by atoms with Crippen LogP contribution in [0, 0.1) is 7.14 Å². The third-order valence-electron chi connectivity index (χ3n) is 4.18. The Morgan fingerprint density at radius 2 is 1.71 bits per heavy atom. The lowest BCUT2D eigenvalue weighted by Gasteiger charge is -2.26. The van der Waals surface area contributed by atoms with Crippen molar-refractivity contribution in [2.24, 2.45) is 0 Å². The largest absolute Gasteiger partial charge is 0.494 e. The van der Waals surface area contributed by atoms with E-state index >= 15 is 0 Å². The normalized spacial score (nSPS) is 15.1. The summed E-state index contributed by atoms with van der Waals surface area (Å²) in [4.78, 5) is 38.7. The van der Waals surface area contributed by atoms with Crippen LogP contribution in [0.3, 0.4) is 0 Å². The van der Waals surface area contributed by atoms with Crippen LogP contribution in [0.1, 0.15) is 12.5 Å². The Labute approximate surface area is 206 Å². The van der Waals surface area contributed by atoms with Crippen LogP contribution in [0.2, 0.25) is 0 Å². The molecule has 0 aromatic heterocycles. The number of benzene rings is 2. The molecule has 1 fully saturated rings. The van der Waals surface area contributed by atoms with E-state index in [0.29, 0.717) is 36.0 Å². The second-order valence-corrected chi connectivity index (χ2v) is 8.62. The quantitative estimate of drug-likeness (QED) is 0.208. The zero-order valence-corrected chi connectivity index (χ0v) is 20.8. The third-order valence-corrected chi connectivity index (χ3v) is 5.79. The number of carbonyl (C=O) groups is 3. The van der Waals surface area contributed by atoms with E-state index in [1.165, 1.54) is 6.08 Å². The van der Waals surface area contributed by atoms with Gasteiger partial charge >= 0.3 is 6.03 Å². The first-order valence-corrected chi connectivity index (χ1v) is 11.4. The van der Waals surface area contributed by atoms with Crippen LogP contribution in [0.5, 0.6) is 11.5 Å². The van der Waals surface area contributed by atoms with E-state index in [9.17, 15) is 14.4 Å². The number of nitrogens with one attached hydrogen (secondary N) is 1. The van der Waals surface area contributed by atoms with Crippen molar-refractivity contribution in [2.75, 3.05) is 18.1 Å². The second-order valence-electron chi connectivity index (χ2n) is 6.30. The van der Waals surface area contributed by atoms with Gasteiger partial charge in [-0.15, -0.1) is 0 Å². The molecule has 0 bridgehead atoms. The first-order chi connectivity index (χ1) is 14.8. The number of imide groups is 2. The molecule has 7 nitrogen and oxygen atoms in total. The first kappa shape index (κ1) is 23.3. The summed E-state index contributed by atoms with van der Waals surface area (Å²) in [7, 11) is 0. The highest BCUT2D eigenvalue weighted by Crippen LogP contribution is 2.31. The highest BCUT2D eigenvalue weighted by molar-refractivity contribution is 14.1. The van der Waals surface area contributed by atoms with Gasteiger partial charge < -0.3 is 9.47 Å². The van der Waals surface area contributed by atoms with Gasteiger partial charge in [-0.25, -0.2) is 9.69 Å². The molecule has 1 N–H and O–H groups in total. The van der Waals surface area contributed by atoms with Crippen LogP contribution >= 0.6 is 45.2 Å². The summed E-state index contributed by atoms with van der Waals surface area (Å²) in [6.07, 6.45) is 3.12. The summed E-state index contributed by atoms with van der Waals surface area (Å²) in [5.41, 5.74) is 0.834. The predicted molar refractivity (Wildman–Crippen MR) is 134 cm³/mol. The topological polar surface area (TPSA) is 84.9 Å². The molecule has 1 saturated heterocycles. The Bertz CT molecular complexity index is 1060. The van der Waals surface area contributed by atoms with Crippen LogP contribution < -0.4 is 19.7 Å². The zero-order valence-electron chi connectivity index (χ0n) is 16.5. The lowest BCUT2D eigenvalue weighted by Crippen LogP contribution is -2.54. The number of ether oxygens (including phenoxy) is 2. The summed E-state index contributed by atoms with van der Waals surface area (Å²) < 4.78 is 12.7. The molecule has 9 heteroatoms. The number of halogens is 2. The summed E-state index contributed by atoms with van der Waals surface area (Å²) in [6.45, 7) is 6.36. The molecule has 31 heavy (non-hydrogen) atoms. The minimum Gasteiger partial charge on any atom is -0.494 e. The molecule has 0 unspecified atom stereocenters. The Hall–Kier alpha value is -2.41. The number of barbiturate groups is 1. The lowest BCUT2D eigenvalue weighted by atomic mass is 10.1. The van der Waals surface area contributed by atoms with Crippen molar-refractivity contribution in [3.8, 4) is 11.5 Å². The molecule has 2 aromatic carbocycles. The van der Waals surface area contributed by atoms with Crippen LogP contribution in [-0.2, 0) is 9.59 Å². The van der Waals surface area contributed by atoms with E-state index in [4.69, 9.17) is 9.47 Å². The molecule has 0 saturated carbocycles. The van der Waals surface area contributed by atoms with E-state index in [1.807, 2.05) is 6.92 Å². The highest BCUT2D eigenvalue weighted by Gasteiger charge is 2.36. The average molecular weight is 644 g/mol. The van der Waals surface area contributed by atoms with Crippen LogP contribution in [-0.4, -0.2) is 31.1 Å². The number of hydrogen-bond donors (Lipinski definition) is 1. The van der Waals surface area contributed by atoms with Gasteiger partial charge in [-0.3, -0.25) is 14.9 Å². The maximum absolute atomic E-state index is 13.0. The van der Waals surface area contributed by atoms with Crippen molar-refractivity contribution in [3.05, 3.63) is 67.3 Å². The molecule has 3 rings (SSSR count). The average Bonchev–Trinajstić information content (AvgIpc) is 2.72. The van der Waals surface area contributed by atoms with Gasteiger partial charge in [-0.2, -0.15) is 0 Å². The summed E-state index contributed by atoms with van der Waals surface area (Å²) in [6, 6.07) is 9.30. The fraction of sp³-hybridized carbons (Fsp3) is 0.136. The monoisotopic (exact) mass is 644 g/mol. The Balaban J connectivity index is 1.94. The summed E-state index contributed by atoms with van der Waals surface area (Å²) >= 11 is 4.25. The number of amides is 4. The van der Waals surface area contributed by atoms with Gasteiger partial charge in [0.05, 0.1) is 19.4 Å². The molecule has 0 spiro atoms. The Morgan fingerprint density at radius 3 is 2.29 bits per heavy atom. The molecule has 1 aliphatic rings. The fourth-order valence-electron chi connectivity index (χ4n) is 2.86. The maximum atomic E-state index is 13.0. The van der Waals surface area contributed by atoms with E-state index in [2.05, 4.69) is 57.1 Å². The molecule has 2 aromatic rings. The number of anilines is 1. The standard InChI is InChI=1S/C22H18I2N2O5/c1-3-9-31-19-17(23)11-13(12-18(19)24)10-16-20(27)25-22(29)26(21(16)28)14-5-7-15(8-6-14)30-4-2/h3,5-8,10-12H,1,4,9H2,2H3,(H,25,27,29)/b16-10+. The van der Waals surface area contributed by atoms with Crippen molar-refractivity contribution >= 4 is 74.8 Å². The molecule has 1 aliphatic heterocycles. The Morgan fingerprint density at radius 1 is 1.06 bits per heavy atom. The minimum absolute atomic E-state index is 0.139. The number of hydrogen-bond acceptors (Lipinski definition) is 5. The van der Waals surface area contributed by atoms with Crippen molar-refractivity contribution in [2.45, 2.75) is 6.92 Å². The highest BCUT2D eigenvalue weighted by atomic mass is 127. The molecular weight excluding hydrogens is 626 g/mol. The number of rotatable bonds is 7. The number of urea groups is 1. The van der Waals surface area contributed by atoms with E-state index in [1.54, 1.807) is 42.5 Å².